The number of nitrogen functional groups attached to an aromatic ring is 1. The fourth-order valence-corrected chi connectivity index (χ4v) is 2.08. The van der Waals surface area contributed by atoms with E-state index in [-0.39, 0.29) is 0 Å². The summed E-state index contributed by atoms with van der Waals surface area (Å²) in [5.74, 6) is 5.99. The maximum Gasteiger partial charge on any atom is 0.141 e. The first-order valence-electron chi connectivity index (χ1n) is 6.04. The molecular weight excluding hydrogens is 236 g/mol. The van der Waals surface area contributed by atoms with E-state index in [1.807, 2.05) is 30.3 Å². The van der Waals surface area contributed by atoms with Crippen LogP contribution in [0.3, 0.4) is 0 Å². The van der Waals surface area contributed by atoms with Gasteiger partial charge in [0, 0.05) is 29.0 Å². The number of fused-ring (bicyclic) bond motifs is 1. The number of hydrogen-bond acceptors (Lipinski definition) is 4. The molecule has 4 N–H and O–H groups in total. The Morgan fingerprint density at radius 3 is 2.68 bits per heavy atom. The highest BCUT2D eigenvalue weighted by atomic mass is 15.2. The number of pyridine rings is 1. The van der Waals surface area contributed by atoms with Crippen molar-refractivity contribution < 1.29 is 0 Å². The van der Waals surface area contributed by atoms with Crippen LogP contribution in [0.5, 0.6) is 0 Å². The smallest absolute Gasteiger partial charge is 0.141 e. The molecule has 0 aliphatic rings. The summed E-state index contributed by atoms with van der Waals surface area (Å²) >= 11 is 0. The number of rotatable bonds is 3. The molecule has 0 atom stereocenters. The summed E-state index contributed by atoms with van der Waals surface area (Å²) in [7, 11) is 0. The quantitative estimate of drug-likeness (QED) is 0.493. The molecule has 4 heteroatoms. The van der Waals surface area contributed by atoms with Crippen LogP contribution in [0.4, 0.5) is 17.2 Å². The van der Waals surface area contributed by atoms with E-state index in [9.17, 15) is 0 Å². The van der Waals surface area contributed by atoms with Gasteiger partial charge >= 0.3 is 0 Å². The minimum Gasteiger partial charge on any atom is -0.355 e. The Morgan fingerprint density at radius 2 is 1.79 bits per heavy atom. The van der Waals surface area contributed by atoms with Crippen molar-refractivity contribution in [2.45, 2.75) is 0 Å². The Bertz CT molecular complexity index is 704. The van der Waals surface area contributed by atoms with Gasteiger partial charge < -0.3 is 10.7 Å². The molecule has 0 unspecified atom stereocenters. The van der Waals surface area contributed by atoms with Gasteiger partial charge in [0.1, 0.15) is 5.82 Å². The molecule has 0 aliphatic carbocycles. The lowest BCUT2D eigenvalue weighted by Gasteiger charge is -2.10. The predicted octanol–water partition coefficient (Wildman–Crippen LogP) is 3.26. The van der Waals surface area contributed by atoms with E-state index in [2.05, 4.69) is 40.0 Å². The second-order valence-corrected chi connectivity index (χ2v) is 4.23. The van der Waals surface area contributed by atoms with E-state index >= 15 is 0 Å². The average molecular weight is 250 g/mol. The molecule has 1 heterocycles. The number of anilines is 3. The Labute approximate surface area is 111 Å². The van der Waals surface area contributed by atoms with Crippen LogP contribution in [0, 0.1) is 0 Å². The number of nitrogens with zero attached hydrogens (tertiary/aromatic N) is 1. The zero-order valence-corrected chi connectivity index (χ0v) is 10.3. The molecule has 0 saturated heterocycles. The largest absolute Gasteiger partial charge is 0.355 e. The van der Waals surface area contributed by atoms with Gasteiger partial charge in [-0.05, 0) is 17.5 Å². The molecule has 0 saturated carbocycles. The lowest BCUT2D eigenvalue weighted by Crippen LogP contribution is -2.08. The van der Waals surface area contributed by atoms with Gasteiger partial charge in [-0.1, -0.05) is 36.4 Å². The van der Waals surface area contributed by atoms with Crippen molar-refractivity contribution in [3.05, 3.63) is 60.8 Å². The molecule has 0 amide bonds. The molecule has 19 heavy (non-hydrogen) atoms. The van der Waals surface area contributed by atoms with Crippen molar-refractivity contribution in [1.29, 1.82) is 0 Å². The van der Waals surface area contributed by atoms with Crippen LogP contribution >= 0.6 is 0 Å². The summed E-state index contributed by atoms with van der Waals surface area (Å²) in [5.41, 5.74) is 4.55. The molecule has 3 aromatic rings. The first-order valence-corrected chi connectivity index (χ1v) is 6.04. The van der Waals surface area contributed by atoms with Crippen LogP contribution in [0.15, 0.2) is 60.8 Å². The third-order valence-electron chi connectivity index (χ3n) is 2.98. The maximum absolute atomic E-state index is 5.36. The minimum atomic E-state index is 0.630. The first kappa shape index (κ1) is 11.5. The van der Waals surface area contributed by atoms with E-state index in [4.69, 9.17) is 5.84 Å². The average Bonchev–Trinajstić information content (AvgIpc) is 2.48. The van der Waals surface area contributed by atoms with Crippen molar-refractivity contribution in [2.75, 3.05) is 10.7 Å². The summed E-state index contributed by atoms with van der Waals surface area (Å²) in [5, 5.41) is 5.78. The van der Waals surface area contributed by atoms with Gasteiger partial charge in [-0.25, -0.2) is 10.8 Å². The highest BCUT2D eigenvalue weighted by Crippen LogP contribution is 2.26. The third-order valence-corrected chi connectivity index (χ3v) is 2.98. The fourth-order valence-electron chi connectivity index (χ4n) is 2.08. The molecule has 4 nitrogen and oxygen atoms in total. The lowest BCUT2D eigenvalue weighted by atomic mass is 10.1. The highest BCUT2D eigenvalue weighted by molar-refractivity contribution is 5.95. The van der Waals surface area contributed by atoms with Crippen LogP contribution in [0.2, 0.25) is 0 Å². The first-order chi connectivity index (χ1) is 9.36. The molecule has 0 aliphatic heterocycles. The Kier molecular flexibility index (Phi) is 3.00. The molecule has 3 rings (SSSR count). The molecule has 0 radical (unpaired) electrons. The van der Waals surface area contributed by atoms with Gasteiger partial charge in [0.05, 0.1) is 0 Å². The molecule has 0 spiro atoms. The molecule has 0 bridgehead atoms. The van der Waals surface area contributed by atoms with E-state index in [1.54, 1.807) is 6.20 Å². The van der Waals surface area contributed by atoms with Gasteiger partial charge in [-0.2, -0.15) is 0 Å². The zero-order valence-electron chi connectivity index (χ0n) is 10.3. The van der Waals surface area contributed by atoms with E-state index in [0.29, 0.717) is 5.82 Å². The molecule has 94 valence electrons. The number of nitrogens with one attached hydrogen (secondary N) is 2. The summed E-state index contributed by atoms with van der Waals surface area (Å²) in [4.78, 5) is 4.09. The predicted molar refractivity (Wildman–Crippen MR) is 79.3 cm³/mol. The lowest BCUT2D eigenvalue weighted by molar-refractivity contribution is 1.23. The standard InChI is InChI=1S/C15H14N4/c16-19-15-10-12(8-9-17-15)18-14-7-3-5-11-4-1-2-6-13(11)14/h1-10H,16H2,(H2,17,18,19). The Morgan fingerprint density at radius 1 is 0.947 bits per heavy atom. The van der Waals surface area contributed by atoms with Crippen molar-refractivity contribution in [3.8, 4) is 0 Å². The molecule has 1 aromatic heterocycles. The second-order valence-electron chi connectivity index (χ2n) is 4.23. The van der Waals surface area contributed by atoms with Gasteiger partial charge in [-0.15, -0.1) is 0 Å². The SMILES string of the molecule is NNc1cc(Nc2cccc3ccccc23)ccn1. The minimum absolute atomic E-state index is 0.630. The zero-order chi connectivity index (χ0) is 13.1. The van der Waals surface area contributed by atoms with Gasteiger partial charge in [0.25, 0.3) is 0 Å². The van der Waals surface area contributed by atoms with Crippen LogP contribution < -0.4 is 16.6 Å². The Hall–Kier alpha value is -2.59. The topological polar surface area (TPSA) is 63.0 Å². The Balaban J connectivity index is 2.01. The number of hydrazine groups is 1. The highest BCUT2D eigenvalue weighted by Gasteiger charge is 2.01. The van der Waals surface area contributed by atoms with Crippen LogP contribution in [-0.2, 0) is 0 Å². The van der Waals surface area contributed by atoms with Crippen molar-refractivity contribution >= 4 is 28.0 Å². The monoisotopic (exact) mass is 250 g/mol. The number of hydrogen-bond donors (Lipinski definition) is 3. The fraction of sp³-hybridized carbons (Fsp3) is 0. The summed E-state index contributed by atoms with van der Waals surface area (Å²) in [6.45, 7) is 0. The second kappa shape index (κ2) is 4.96. The summed E-state index contributed by atoms with van der Waals surface area (Å²) in [6.07, 6.45) is 1.71. The van der Waals surface area contributed by atoms with E-state index < -0.39 is 0 Å². The normalized spacial score (nSPS) is 10.4. The van der Waals surface area contributed by atoms with Gasteiger partial charge in [-0.3, -0.25) is 0 Å². The molecule has 0 fully saturated rings. The van der Waals surface area contributed by atoms with Crippen LogP contribution in [0.1, 0.15) is 0 Å². The van der Waals surface area contributed by atoms with Crippen molar-refractivity contribution in [1.82, 2.24) is 4.98 Å². The third kappa shape index (κ3) is 2.34. The van der Waals surface area contributed by atoms with Gasteiger partial charge in [0.15, 0.2) is 0 Å². The number of benzene rings is 2. The maximum atomic E-state index is 5.36. The van der Waals surface area contributed by atoms with E-state index in [0.717, 1.165) is 11.4 Å². The molecular formula is C15H14N4. The van der Waals surface area contributed by atoms with Crippen molar-refractivity contribution in [2.24, 2.45) is 5.84 Å². The van der Waals surface area contributed by atoms with Crippen molar-refractivity contribution in [3.63, 3.8) is 0 Å². The molecule has 2 aromatic carbocycles. The van der Waals surface area contributed by atoms with Gasteiger partial charge in [0.2, 0.25) is 0 Å². The van der Waals surface area contributed by atoms with E-state index in [1.165, 1.54) is 10.8 Å². The number of aromatic nitrogens is 1. The summed E-state index contributed by atoms with van der Waals surface area (Å²) < 4.78 is 0. The summed E-state index contributed by atoms with van der Waals surface area (Å²) in [6, 6.07) is 18.2. The van der Waals surface area contributed by atoms with Crippen LogP contribution in [-0.4, -0.2) is 4.98 Å². The number of nitrogens with two attached hydrogens (primary N) is 1. The van der Waals surface area contributed by atoms with Crippen LogP contribution in [0.25, 0.3) is 10.8 Å².